The molecule has 0 saturated carbocycles. The minimum Gasteiger partial charge on any atom is -0.507 e. The van der Waals surface area contributed by atoms with Crippen molar-refractivity contribution in [1.82, 2.24) is 9.97 Å². The minimum absolute atomic E-state index is 0.0925. The fourth-order valence-electron chi connectivity index (χ4n) is 2.58. The van der Waals surface area contributed by atoms with Gasteiger partial charge in [0.1, 0.15) is 11.5 Å². The van der Waals surface area contributed by atoms with E-state index >= 15 is 0 Å². The third-order valence-electron chi connectivity index (χ3n) is 3.86. The molecule has 134 valence electrons. The largest absolute Gasteiger partial charge is 0.507 e. The summed E-state index contributed by atoms with van der Waals surface area (Å²) in [6.45, 7) is 0. The van der Waals surface area contributed by atoms with Crippen LogP contribution in [0.25, 0.3) is 22.9 Å². The number of nitrogens with zero attached hydrogens (tertiary/aromatic N) is 1. The van der Waals surface area contributed by atoms with E-state index in [1.54, 1.807) is 24.3 Å². The second-order valence-electron chi connectivity index (χ2n) is 5.41. The minimum atomic E-state index is -0.400. The van der Waals surface area contributed by atoms with E-state index in [-0.39, 0.29) is 11.5 Å². The molecule has 1 heterocycles. The first-order chi connectivity index (χ1) is 12.6. The van der Waals surface area contributed by atoms with Crippen LogP contribution in [-0.2, 0) is 0 Å². The summed E-state index contributed by atoms with van der Waals surface area (Å²) < 4.78 is 15.8. The van der Waals surface area contributed by atoms with Crippen molar-refractivity contribution >= 4 is 22.9 Å². The molecule has 0 aliphatic carbocycles. The maximum absolute atomic E-state index is 12.2. The predicted octanol–water partition coefficient (Wildman–Crippen LogP) is 3.01. The molecular weight excluding hydrogens is 336 g/mol. The summed E-state index contributed by atoms with van der Waals surface area (Å²) >= 11 is 0. The van der Waals surface area contributed by atoms with Crippen molar-refractivity contribution in [2.45, 2.75) is 0 Å². The number of ether oxygens (including phenoxy) is 3. The Kier molecular flexibility index (Phi) is 4.79. The lowest BCUT2D eigenvalue weighted by atomic mass is 10.1. The van der Waals surface area contributed by atoms with Crippen LogP contribution >= 0.6 is 0 Å². The lowest BCUT2D eigenvalue weighted by molar-refractivity contribution is 0.324. The van der Waals surface area contributed by atoms with E-state index in [0.717, 1.165) is 0 Å². The Labute approximate surface area is 149 Å². The quantitative estimate of drug-likeness (QED) is 0.684. The monoisotopic (exact) mass is 354 g/mol. The molecule has 0 aliphatic heterocycles. The molecule has 3 rings (SSSR count). The molecular formula is C19H18N2O5. The SMILES string of the molecule is COc1cc(/C(O)=C/c2nc3ccccc3[nH]c2=O)cc(OC)c1OC. The molecule has 0 spiro atoms. The van der Waals surface area contributed by atoms with Gasteiger partial charge in [-0.2, -0.15) is 0 Å². The van der Waals surface area contributed by atoms with E-state index in [0.29, 0.717) is 33.8 Å². The maximum Gasteiger partial charge on any atom is 0.274 e. The first-order valence-electron chi connectivity index (χ1n) is 7.77. The van der Waals surface area contributed by atoms with Crippen molar-refractivity contribution in [3.05, 3.63) is 58.0 Å². The van der Waals surface area contributed by atoms with Gasteiger partial charge in [-0.3, -0.25) is 4.79 Å². The van der Waals surface area contributed by atoms with Gasteiger partial charge in [0.05, 0.1) is 32.4 Å². The van der Waals surface area contributed by atoms with E-state index in [2.05, 4.69) is 9.97 Å². The average Bonchev–Trinajstić information content (AvgIpc) is 2.67. The second kappa shape index (κ2) is 7.18. The smallest absolute Gasteiger partial charge is 0.274 e. The summed E-state index contributed by atoms with van der Waals surface area (Å²) in [6.07, 6.45) is 1.30. The fourth-order valence-corrected chi connectivity index (χ4v) is 2.58. The zero-order chi connectivity index (χ0) is 18.7. The highest BCUT2D eigenvalue weighted by Crippen LogP contribution is 2.39. The Hall–Kier alpha value is -3.48. The molecule has 1 aromatic heterocycles. The van der Waals surface area contributed by atoms with Crippen LogP contribution in [0.3, 0.4) is 0 Å². The number of hydrogen-bond acceptors (Lipinski definition) is 6. The van der Waals surface area contributed by atoms with E-state index in [1.807, 2.05) is 12.1 Å². The first kappa shape index (κ1) is 17.3. The second-order valence-corrected chi connectivity index (χ2v) is 5.41. The van der Waals surface area contributed by atoms with E-state index < -0.39 is 5.56 Å². The number of benzene rings is 2. The normalized spacial score (nSPS) is 11.4. The molecule has 0 saturated heterocycles. The number of fused-ring (bicyclic) bond motifs is 1. The number of methoxy groups -OCH3 is 3. The van der Waals surface area contributed by atoms with Gasteiger partial charge < -0.3 is 24.3 Å². The summed E-state index contributed by atoms with van der Waals surface area (Å²) in [6, 6.07) is 10.3. The lowest BCUT2D eigenvalue weighted by Gasteiger charge is -2.13. The highest BCUT2D eigenvalue weighted by molar-refractivity contribution is 5.80. The van der Waals surface area contributed by atoms with E-state index in [1.165, 1.54) is 27.4 Å². The van der Waals surface area contributed by atoms with Crippen LogP contribution in [0.15, 0.2) is 41.2 Å². The van der Waals surface area contributed by atoms with Gasteiger partial charge in [0.25, 0.3) is 5.56 Å². The number of aromatic amines is 1. The van der Waals surface area contributed by atoms with Crippen molar-refractivity contribution < 1.29 is 19.3 Å². The molecule has 0 unspecified atom stereocenters. The summed E-state index contributed by atoms with van der Waals surface area (Å²) in [5.41, 5.74) is 1.34. The van der Waals surface area contributed by atoms with Gasteiger partial charge in [0.15, 0.2) is 11.5 Å². The number of aromatic nitrogens is 2. The molecule has 0 bridgehead atoms. The van der Waals surface area contributed by atoms with Crippen LogP contribution < -0.4 is 19.8 Å². The highest BCUT2D eigenvalue weighted by atomic mass is 16.5. The van der Waals surface area contributed by atoms with Crippen molar-refractivity contribution in [3.63, 3.8) is 0 Å². The van der Waals surface area contributed by atoms with Gasteiger partial charge in [-0.05, 0) is 24.3 Å². The van der Waals surface area contributed by atoms with Crippen LogP contribution in [0.2, 0.25) is 0 Å². The van der Waals surface area contributed by atoms with Gasteiger partial charge in [0, 0.05) is 11.6 Å². The Balaban J connectivity index is 2.10. The Morgan fingerprint density at radius 3 is 2.35 bits per heavy atom. The van der Waals surface area contributed by atoms with Gasteiger partial charge in [-0.25, -0.2) is 4.98 Å². The van der Waals surface area contributed by atoms with E-state index in [4.69, 9.17) is 14.2 Å². The van der Waals surface area contributed by atoms with Crippen molar-refractivity contribution in [2.24, 2.45) is 0 Å². The summed E-state index contributed by atoms with van der Waals surface area (Å²) in [5.74, 6) is 1.04. The molecule has 0 amide bonds. The third-order valence-corrected chi connectivity index (χ3v) is 3.86. The Morgan fingerprint density at radius 1 is 1.08 bits per heavy atom. The Bertz CT molecular complexity index is 1010. The summed E-state index contributed by atoms with van der Waals surface area (Å²) in [5, 5.41) is 10.5. The molecule has 3 aromatic rings. The third kappa shape index (κ3) is 3.19. The standard InChI is InChI=1S/C19H18N2O5/c1-24-16-8-11(9-17(25-2)18(16)26-3)15(22)10-14-19(23)21-13-7-5-4-6-12(13)20-14/h4-10,22H,1-3H3,(H,21,23)/b15-10-. The first-order valence-corrected chi connectivity index (χ1v) is 7.77. The van der Waals surface area contributed by atoms with Gasteiger partial charge in [0.2, 0.25) is 5.75 Å². The molecule has 0 aliphatic rings. The van der Waals surface area contributed by atoms with Crippen molar-refractivity contribution in [2.75, 3.05) is 21.3 Å². The van der Waals surface area contributed by atoms with Gasteiger partial charge >= 0.3 is 0 Å². The number of H-pyrrole nitrogens is 1. The number of nitrogens with one attached hydrogen (secondary N) is 1. The van der Waals surface area contributed by atoms with E-state index in [9.17, 15) is 9.90 Å². The number of aliphatic hydroxyl groups excluding tert-OH is 1. The number of para-hydroxylation sites is 2. The highest BCUT2D eigenvalue weighted by Gasteiger charge is 2.15. The van der Waals surface area contributed by atoms with Crippen LogP contribution in [0.1, 0.15) is 11.3 Å². The summed E-state index contributed by atoms with van der Waals surface area (Å²) in [7, 11) is 4.46. The number of aliphatic hydroxyl groups is 1. The molecule has 0 atom stereocenters. The maximum atomic E-state index is 12.2. The zero-order valence-electron chi connectivity index (χ0n) is 14.6. The number of hydrogen-bond donors (Lipinski definition) is 2. The molecule has 0 fully saturated rings. The average molecular weight is 354 g/mol. The molecule has 0 radical (unpaired) electrons. The topological polar surface area (TPSA) is 93.7 Å². The van der Waals surface area contributed by atoms with Crippen molar-refractivity contribution in [1.29, 1.82) is 0 Å². The van der Waals surface area contributed by atoms with Crippen LogP contribution in [0, 0.1) is 0 Å². The predicted molar refractivity (Wildman–Crippen MR) is 99.0 cm³/mol. The zero-order valence-corrected chi connectivity index (χ0v) is 14.6. The molecule has 2 aromatic carbocycles. The molecule has 2 N–H and O–H groups in total. The summed E-state index contributed by atoms with van der Waals surface area (Å²) in [4.78, 5) is 19.2. The van der Waals surface area contributed by atoms with Crippen LogP contribution in [0.5, 0.6) is 17.2 Å². The van der Waals surface area contributed by atoms with Gasteiger partial charge in [-0.15, -0.1) is 0 Å². The Morgan fingerprint density at radius 2 is 1.73 bits per heavy atom. The van der Waals surface area contributed by atoms with Crippen LogP contribution in [-0.4, -0.2) is 36.4 Å². The molecule has 7 heteroatoms. The van der Waals surface area contributed by atoms with Crippen LogP contribution in [0.4, 0.5) is 0 Å². The molecule has 26 heavy (non-hydrogen) atoms. The fraction of sp³-hybridized carbons (Fsp3) is 0.158. The molecule has 7 nitrogen and oxygen atoms in total. The van der Waals surface area contributed by atoms with Crippen molar-refractivity contribution in [3.8, 4) is 17.2 Å². The van der Waals surface area contributed by atoms with Gasteiger partial charge in [-0.1, -0.05) is 12.1 Å². The lowest BCUT2D eigenvalue weighted by Crippen LogP contribution is -2.12. The number of rotatable bonds is 5.